The van der Waals surface area contributed by atoms with E-state index in [0.29, 0.717) is 29.0 Å². The van der Waals surface area contributed by atoms with Crippen LogP contribution in [0.4, 0.5) is 0 Å². The van der Waals surface area contributed by atoms with Crippen molar-refractivity contribution in [1.82, 2.24) is 5.32 Å². The van der Waals surface area contributed by atoms with Gasteiger partial charge in [-0.15, -0.1) is 0 Å². The second-order valence-electron chi connectivity index (χ2n) is 9.63. The number of rotatable bonds is 5. The molecular formula is C29H30ClNO4. The van der Waals surface area contributed by atoms with E-state index < -0.39 is 5.92 Å². The summed E-state index contributed by atoms with van der Waals surface area (Å²) >= 11 is 6.35. The molecule has 1 heterocycles. The lowest BCUT2D eigenvalue weighted by Gasteiger charge is -2.37. The molecule has 0 spiro atoms. The van der Waals surface area contributed by atoms with Gasteiger partial charge in [-0.05, 0) is 68.4 Å². The van der Waals surface area contributed by atoms with E-state index in [2.05, 4.69) is 5.32 Å². The molecule has 0 radical (unpaired) electrons. The zero-order chi connectivity index (χ0) is 24.5. The third kappa shape index (κ3) is 4.62. The molecule has 2 atom stereocenters. The van der Waals surface area contributed by atoms with Gasteiger partial charge in [-0.1, -0.05) is 41.9 Å². The molecule has 2 aromatic rings. The minimum Gasteiger partial charge on any atom is -0.496 e. The number of allylic oxidation sites excluding steroid dienone is 3. The van der Waals surface area contributed by atoms with Crippen LogP contribution in [0.3, 0.4) is 0 Å². The number of Topliss-reactive ketones (excluding diaryl/α,β-unsaturated/α-hetero) is 1. The van der Waals surface area contributed by atoms with E-state index in [4.69, 9.17) is 21.1 Å². The number of para-hydroxylation sites is 1. The lowest BCUT2D eigenvalue weighted by Crippen LogP contribution is -2.36. The van der Waals surface area contributed by atoms with Crippen molar-refractivity contribution in [2.24, 2.45) is 0 Å². The first-order chi connectivity index (χ1) is 17.0. The van der Waals surface area contributed by atoms with E-state index in [-0.39, 0.29) is 23.8 Å². The zero-order valence-electron chi connectivity index (χ0n) is 20.1. The summed E-state index contributed by atoms with van der Waals surface area (Å²) in [5.41, 5.74) is 4.57. The molecule has 2 aliphatic carbocycles. The molecule has 35 heavy (non-hydrogen) atoms. The molecule has 1 aliphatic heterocycles. The first-order valence-electron chi connectivity index (χ1n) is 12.3. The first kappa shape index (κ1) is 23.7. The van der Waals surface area contributed by atoms with Gasteiger partial charge in [0.15, 0.2) is 5.78 Å². The molecule has 0 unspecified atom stereocenters. The van der Waals surface area contributed by atoms with Crippen molar-refractivity contribution in [3.8, 4) is 5.75 Å². The highest BCUT2D eigenvalue weighted by atomic mass is 35.5. The number of dihydropyridines is 1. The van der Waals surface area contributed by atoms with E-state index in [0.717, 1.165) is 54.0 Å². The van der Waals surface area contributed by atoms with Gasteiger partial charge in [0.1, 0.15) is 11.9 Å². The summed E-state index contributed by atoms with van der Waals surface area (Å²) in [6.07, 6.45) is 4.87. The number of halogens is 1. The molecule has 1 saturated carbocycles. The van der Waals surface area contributed by atoms with Crippen LogP contribution in [0.15, 0.2) is 71.1 Å². The molecule has 6 heteroatoms. The highest BCUT2D eigenvalue weighted by Crippen LogP contribution is 2.47. The number of carbonyl (C=O) groups is 2. The Morgan fingerprint density at radius 2 is 1.83 bits per heavy atom. The monoisotopic (exact) mass is 491 g/mol. The minimum atomic E-state index is -0.509. The summed E-state index contributed by atoms with van der Waals surface area (Å²) in [7, 11) is 1.65. The molecule has 1 fully saturated rings. The van der Waals surface area contributed by atoms with Crippen LogP contribution in [-0.4, -0.2) is 25.0 Å². The van der Waals surface area contributed by atoms with Gasteiger partial charge in [0.25, 0.3) is 0 Å². The number of benzene rings is 2. The third-order valence-electron chi connectivity index (χ3n) is 7.38. The molecule has 2 aromatic carbocycles. The fourth-order valence-corrected chi connectivity index (χ4v) is 5.97. The van der Waals surface area contributed by atoms with E-state index in [1.807, 2.05) is 49.4 Å². The average molecular weight is 492 g/mol. The maximum absolute atomic E-state index is 13.8. The Morgan fingerprint density at radius 3 is 2.57 bits per heavy atom. The Morgan fingerprint density at radius 1 is 1.06 bits per heavy atom. The van der Waals surface area contributed by atoms with Gasteiger partial charge in [-0.3, -0.25) is 4.79 Å². The van der Waals surface area contributed by atoms with Crippen LogP contribution in [-0.2, 0) is 14.3 Å². The topological polar surface area (TPSA) is 64.6 Å². The molecule has 3 aliphatic rings. The molecule has 0 aromatic heterocycles. The minimum absolute atomic E-state index is 0.00954. The Labute approximate surface area is 211 Å². The van der Waals surface area contributed by atoms with E-state index in [1.54, 1.807) is 13.2 Å². The van der Waals surface area contributed by atoms with Crippen LogP contribution in [0.1, 0.15) is 68.4 Å². The second kappa shape index (κ2) is 9.90. The molecule has 0 saturated heterocycles. The molecule has 0 amide bonds. The molecule has 5 rings (SSSR count). The van der Waals surface area contributed by atoms with Crippen LogP contribution in [0.5, 0.6) is 5.75 Å². The summed E-state index contributed by atoms with van der Waals surface area (Å²) in [5.74, 6) is -0.0595. The SMILES string of the molecule is COc1ccccc1[C@@H]1CC(=O)C2=C(C1)NC(C)=C(C(=O)OC1CCCC1)[C@H]2c1cccc(Cl)c1. The average Bonchev–Trinajstić information content (AvgIpc) is 3.36. The maximum atomic E-state index is 13.8. The van der Waals surface area contributed by atoms with Gasteiger partial charge in [0.2, 0.25) is 0 Å². The highest BCUT2D eigenvalue weighted by Gasteiger charge is 2.42. The first-order valence-corrected chi connectivity index (χ1v) is 12.7. The molecule has 1 N–H and O–H groups in total. The van der Waals surface area contributed by atoms with Crippen LogP contribution in [0, 0.1) is 0 Å². The molecular weight excluding hydrogens is 462 g/mol. The summed E-state index contributed by atoms with van der Waals surface area (Å²) in [4.78, 5) is 27.2. The summed E-state index contributed by atoms with van der Waals surface area (Å²) in [6, 6.07) is 15.3. The Bertz CT molecular complexity index is 1220. The smallest absolute Gasteiger partial charge is 0.337 e. The maximum Gasteiger partial charge on any atom is 0.337 e. The fourth-order valence-electron chi connectivity index (χ4n) is 5.77. The fraction of sp³-hybridized carbons (Fsp3) is 0.379. The normalized spacial score (nSPS) is 22.7. The van der Waals surface area contributed by atoms with Gasteiger partial charge in [-0.25, -0.2) is 4.79 Å². The lowest BCUT2D eigenvalue weighted by molar-refractivity contribution is -0.144. The van der Waals surface area contributed by atoms with Gasteiger partial charge >= 0.3 is 5.97 Å². The van der Waals surface area contributed by atoms with E-state index in [1.165, 1.54) is 0 Å². The number of hydrogen-bond acceptors (Lipinski definition) is 5. The van der Waals surface area contributed by atoms with Crippen LogP contribution in [0.25, 0.3) is 0 Å². The lowest BCUT2D eigenvalue weighted by atomic mass is 9.71. The van der Waals surface area contributed by atoms with Crippen molar-refractivity contribution in [3.05, 3.63) is 87.2 Å². The second-order valence-corrected chi connectivity index (χ2v) is 10.1. The van der Waals surface area contributed by atoms with Gasteiger partial charge in [0.05, 0.1) is 12.7 Å². The van der Waals surface area contributed by atoms with Crippen LogP contribution in [0.2, 0.25) is 5.02 Å². The molecule has 5 nitrogen and oxygen atoms in total. The van der Waals surface area contributed by atoms with Crippen LogP contribution < -0.4 is 10.1 Å². The standard InChI is InChI=1S/C29H30ClNO4/c1-17-26(29(33)35-21-10-3-4-11-21)27(18-8-7-9-20(30)14-18)28-23(31-17)15-19(16-24(28)32)22-12-5-6-13-25(22)34-2/h5-9,12-14,19,21,27,31H,3-4,10-11,15-16H2,1-2H3/t19-,27+/m0/s1. The van der Waals surface area contributed by atoms with Crippen molar-refractivity contribution in [3.63, 3.8) is 0 Å². The zero-order valence-corrected chi connectivity index (χ0v) is 20.9. The summed E-state index contributed by atoms with van der Waals surface area (Å²) < 4.78 is 11.5. The number of hydrogen-bond donors (Lipinski definition) is 1. The molecule has 182 valence electrons. The van der Waals surface area contributed by atoms with Crippen molar-refractivity contribution >= 4 is 23.4 Å². The Kier molecular flexibility index (Phi) is 6.70. The molecule has 0 bridgehead atoms. The van der Waals surface area contributed by atoms with Gasteiger partial charge < -0.3 is 14.8 Å². The largest absolute Gasteiger partial charge is 0.496 e. The van der Waals surface area contributed by atoms with E-state index in [9.17, 15) is 9.59 Å². The number of nitrogens with one attached hydrogen (secondary N) is 1. The van der Waals surface area contributed by atoms with Gasteiger partial charge in [-0.2, -0.15) is 0 Å². The number of ether oxygens (including phenoxy) is 2. The van der Waals surface area contributed by atoms with Crippen molar-refractivity contribution < 1.29 is 19.1 Å². The summed E-state index contributed by atoms with van der Waals surface area (Å²) in [5, 5.41) is 3.99. The van der Waals surface area contributed by atoms with Crippen molar-refractivity contribution in [2.45, 2.75) is 63.4 Å². The van der Waals surface area contributed by atoms with Crippen molar-refractivity contribution in [1.29, 1.82) is 0 Å². The Hall–Kier alpha value is -3.05. The predicted molar refractivity (Wildman–Crippen MR) is 135 cm³/mol. The third-order valence-corrected chi connectivity index (χ3v) is 7.62. The number of esters is 1. The van der Waals surface area contributed by atoms with Crippen LogP contribution >= 0.6 is 11.6 Å². The predicted octanol–water partition coefficient (Wildman–Crippen LogP) is 6.20. The van der Waals surface area contributed by atoms with E-state index >= 15 is 0 Å². The number of methoxy groups -OCH3 is 1. The quantitative estimate of drug-likeness (QED) is 0.505. The number of carbonyl (C=O) groups excluding carboxylic acids is 2. The summed E-state index contributed by atoms with van der Waals surface area (Å²) in [6.45, 7) is 1.89. The van der Waals surface area contributed by atoms with Crippen molar-refractivity contribution in [2.75, 3.05) is 7.11 Å². The number of ketones is 1. The highest BCUT2D eigenvalue weighted by molar-refractivity contribution is 6.30. The van der Waals surface area contributed by atoms with Gasteiger partial charge in [0, 0.05) is 40.2 Å². The Balaban J connectivity index is 1.55.